The highest BCUT2D eigenvalue weighted by Crippen LogP contribution is 2.23. The number of nitrogens with zero attached hydrogens (tertiary/aromatic N) is 1. The van der Waals surface area contributed by atoms with Gasteiger partial charge in [-0.25, -0.2) is 0 Å². The van der Waals surface area contributed by atoms with Crippen molar-refractivity contribution in [1.82, 2.24) is 5.06 Å². The zero-order chi connectivity index (χ0) is 12.3. The number of aliphatic hydroxyl groups is 1. The van der Waals surface area contributed by atoms with Gasteiger partial charge in [0.05, 0.1) is 25.8 Å². The van der Waals surface area contributed by atoms with E-state index in [2.05, 4.69) is 4.74 Å². The number of benzene rings is 1. The predicted molar refractivity (Wildman–Crippen MR) is 55.4 cm³/mol. The third-order valence-corrected chi connectivity index (χ3v) is 2.40. The van der Waals surface area contributed by atoms with Crippen molar-refractivity contribution in [3.8, 4) is 5.75 Å². The monoisotopic (exact) mass is 245 g/mol. The summed E-state index contributed by atoms with van der Waals surface area (Å²) >= 11 is 0. The minimum absolute atomic E-state index is 0.132. The van der Waals surface area contributed by atoms with Gasteiger partial charge in [-0.05, 0) is 6.07 Å². The van der Waals surface area contributed by atoms with Crippen molar-refractivity contribution in [2.75, 3.05) is 13.2 Å². The number of hydroxylamine groups is 2. The van der Waals surface area contributed by atoms with Crippen molar-refractivity contribution in [3.05, 3.63) is 29.8 Å². The summed E-state index contributed by atoms with van der Waals surface area (Å²) in [6.45, 7) is -1.94. The Morgan fingerprint density at radius 1 is 1.47 bits per heavy atom. The van der Waals surface area contributed by atoms with Crippen LogP contribution in [-0.4, -0.2) is 36.0 Å². The van der Waals surface area contributed by atoms with Crippen LogP contribution in [-0.2, 0) is 11.4 Å². The number of aliphatic hydroxyl groups excluding tert-OH is 1. The molecule has 0 bridgehead atoms. The van der Waals surface area contributed by atoms with Gasteiger partial charge in [-0.15, -0.1) is 0 Å². The first-order chi connectivity index (χ1) is 8.15. The summed E-state index contributed by atoms with van der Waals surface area (Å²) in [5.74, 6) is 0.132. The molecule has 0 aromatic heterocycles. The van der Waals surface area contributed by atoms with Crippen LogP contribution in [0.15, 0.2) is 24.3 Å². The molecule has 17 heavy (non-hydrogen) atoms. The predicted octanol–water partition coefficient (Wildman–Crippen LogP) is 1.40. The van der Waals surface area contributed by atoms with Crippen LogP contribution in [0, 0.1) is 0 Å². The van der Waals surface area contributed by atoms with E-state index < -0.39 is 12.7 Å². The van der Waals surface area contributed by atoms with Crippen molar-refractivity contribution in [1.29, 1.82) is 0 Å². The van der Waals surface area contributed by atoms with Gasteiger partial charge in [0.2, 0.25) is 0 Å². The van der Waals surface area contributed by atoms with E-state index in [1.807, 2.05) is 0 Å². The van der Waals surface area contributed by atoms with Crippen molar-refractivity contribution in [2.45, 2.75) is 19.3 Å². The number of hydrogen-bond acceptors (Lipinski definition) is 4. The Morgan fingerprint density at radius 2 is 2.24 bits per heavy atom. The Hall–Kier alpha value is -1.24. The van der Waals surface area contributed by atoms with E-state index in [1.54, 1.807) is 18.2 Å². The molecule has 94 valence electrons. The molecular weight excluding hydrogens is 232 g/mol. The highest BCUT2D eigenvalue weighted by atomic mass is 19.3. The number of alkyl halides is 2. The second-order valence-corrected chi connectivity index (χ2v) is 3.76. The zero-order valence-corrected chi connectivity index (χ0v) is 9.05. The molecule has 0 aliphatic carbocycles. The molecule has 4 nitrogen and oxygen atoms in total. The van der Waals surface area contributed by atoms with E-state index in [-0.39, 0.29) is 12.4 Å². The van der Waals surface area contributed by atoms with E-state index in [1.165, 1.54) is 11.1 Å². The van der Waals surface area contributed by atoms with Gasteiger partial charge in [-0.1, -0.05) is 18.2 Å². The molecule has 1 atom stereocenters. The van der Waals surface area contributed by atoms with Crippen LogP contribution in [0.3, 0.4) is 0 Å². The van der Waals surface area contributed by atoms with Gasteiger partial charge in [0, 0.05) is 5.56 Å². The fourth-order valence-corrected chi connectivity index (χ4v) is 1.68. The van der Waals surface area contributed by atoms with Crippen LogP contribution in [0.25, 0.3) is 0 Å². The summed E-state index contributed by atoms with van der Waals surface area (Å²) in [4.78, 5) is 5.17. The highest BCUT2D eigenvalue weighted by molar-refractivity contribution is 5.33. The van der Waals surface area contributed by atoms with Gasteiger partial charge < -0.3 is 9.84 Å². The van der Waals surface area contributed by atoms with Crippen LogP contribution < -0.4 is 4.74 Å². The fourth-order valence-electron chi connectivity index (χ4n) is 1.68. The van der Waals surface area contributed by atoms with Crippen molar-refractivity contribution in [2.24, 2.45) is 0 Å². The summed E-state index contributed by atoms with van der Waals surface area (Å²) in [6, 6.07) is 6.53. The number of rotatable bonds is 4. The van der Waals surface area contributed by atoms with Gasteiger partial charge in [-0.3, -0.25) is 4.84 Å². The molecule has 0 amide bonds. The quantitative estimate of drug-likeness (QED) is 0.870. The number of para-hydroxylation sites is 1. The average Bonchev–Trinajstić information content (AvgIpc) is 2.66. The topological polar surface area (TPSA) is 41.9 Å². The molecule has 1 saturated heterocycles. The van der Waals surface area contributed by atoms with Gasteiger partial charge in [0.25, 0.3) is 0 Å². The summed E-state index contributed by atoms with van der Waals surface area (Å²) in [6.07, 6.45) is -0.529. The first kappa shape index (κ1) is 12.2. The van der Waals surface area contributed by atoms with Crippen molar-refractivity contribution in [3.63, 3.8) is 0 Å². The smallest absolute Gasteiger partial charge is 0.387 e. The maximum Gasteiger partial charge on any atom is 0.387 e. The third-order valence-electron chi connectivity index (χ3n) is 2.40. The summed E-state index contributed by atoms with van der Waals surface area (Å²) in [7, 11) is 0. The lowest BCUT2D eigenvalue weighted by Crippen LogP contribution is -2.21. The molecule has 1 unspecified atom stereocenters. The molecule has 0 saturated carbocycles. The molecule has 1 aromatic rings. The lowest BCUT2D eigenvalue weighted by Gasteiger charge is -2.16. The van der Waals surface area contributed by atoms with Crippen molar-refractivity contribution >= 4 is 0 Å². The molecular formula is C11H13F2NO3. The Labute approximate surface area is 97.3 Å². The number of β-amino-alcohol motifs (C(OH)–C–C–N with tert-alkyl or cyclic N) is 1. The van der Waals surface area contributed by atoms with Crippen LogP contribution in [0.2, 0.25) is 0 Å². The summed E-state index contributed by atoms with van der Waals surface area (Å²) in [5, 5.41) is 10.8. The normalized spacial score (nSPS) is 21.1. The van der Waals surface area contributed by atoms with E-state index >= 15 is 0 Å². The number of halogens is 2. The lowest BCUT2D eigenvalue weighted by molar-refractivity contribution is -0.119. The van der Waals surface area contributed by atoms with Crippen LogP contribution in [0.4, 0.5) is 8.78 Å². The first-order valence-electron chi connectivity index (χ1n) is 5.24. The standard InChI is InChI=1S/C11H13F2NO3/c12-11(13)17-10-4-2-1-3-8(10)5-14-6-9(15)7-16-14/h1-4,9,11,15H,5-7H2. The Kier molecular flexibility index (Phi) is 3.88. The summed E-state index contributed by atoms with van der Waals surface area (Å²) < 4.78 is 28.7. The fraction of sp³-hybridized carbons (Fsp3) is 0.455. The lowest BCUT2D eigenvalue weighted by atomic mass is 10.2. The third kappa shape index (κ3) is 3.36. The van der Waals surface area contributed by atoms with Crippen LogP contribution in [0.5, 0.6) is 5.75 Å². The molecule has 1 aliphatic rings. The molecule has 1 aromatic carbocycles. The molecule has 6 heteroatoms. The molecule has 0 spiro atoms. The molecule has 1 fully saturated rings. The minimum atomic E-state index is -2.85. The summed E-state index contributed by atoms with van der Waals surface area (Å²) in [5.41, 5.74) is 0.599. The SMILES string of the molecule is OC1CON(Cc2ccccc2OC(F)F)C1. The first-order valence-corrected chi connectivity index (χ1v) is 5.24. The number of ether oxygens (including phenoxy) is 1. The van der Waals surface area contributed by atoms with E-state index in [4.69, 9.17) is 4.84 Å². The maximum atomic E-state index is 12.2. The largest absolute Gasteiger partial charge is 0.434 e. The Morgan fingerprint density at radius 3 is 2.88 bits per heavy atom. The zero-order valence-electron chi connectivity index (χ0n) is 9.05. The Bertz CT molecular complexity index is 375. The van der Waals surface area contributed by atoms with Crippen molar-refractivity contribution < 1.29 is 23.5 Å². The molecule has 1 N–H and O–H groups in total. The molecule has 1 aliphatic heterocycles. The second kappa shape index (κ2) is 5.39. The maximum absolute atomic E-state index is 12.2. The van der Waals surface area contributed by atoms with Gasteiger partial charge in [0.1, 0.15) is 5.75 Å². The minimum Gasteiger partial charge on any atom is -0.434 e. The van der Waals surface area contributed by atoms with Gasteiger partial charge >= 0.3 is 6.61 Å². The molecule has 2 rings (SSSR count). The molecule has 0 radical (unpaired) electrons. The Balaban J connectivity index is 2.04. The van der Waals surface area contributed by atoms with E-state index in [0.717, 1.165) is 0 Å². The van der Waals surface area contributed by atoms with E-state index in [0.29, 0.717) is 18.7 Å². The van der Waals surface area contributed by atoms with Crippen LogP contribution in [0.1, 0.15) is 5.56 Å². The molecule has 1 heterocycles. The van der Waals surface area contributed by atoms with Gasteiger partial charge in [0.15, 0.2) is 0 Å². The number of hydrogen-bond donors (Lipinski definition) is 1. The second-order valence-electron chi connectivity index (χ2n) is 3.76. The average molecular weight is 245 g/mol. The highest BCUT2D eigenvalue weighted by Gasteiger charge is 2.22. The van der Waals surface area contributed by atoms with Gasteiger partial charge in [-0.2, -0.15) is 13.8 Å². The van der Waals surface area contributed by atoms with Crippen LogP contribution >= 0.6 is 0 Å². The van der Waals surface area contributed by atoms with E-state index in [9.17, 15) is 13.9 Å².